The first-order chi connectivity index (χ1) is 11.5. The van der Waals surface area contributed by atoms with Gasteiger partial charge < -0.3 is 14.6 Å². The van der Waals surface area contributed by atoms with Crippen molar-refractivity contribution in [3.63, 3.8) is 0 Å². The van der Waals surface area contributed by atoms with Crippen molar-refractivity contribution in [3.05, 3.63) is 46.8 Å². The maximum absolute atomic E-state index is 5.36. The monoisotopic (exact) mass is 324 g/mol. The van der Waals surface area contributed by atoms with Crippen molar-refractivity contribution in [1.29, 1.82) is 0 Å². The van der Waals surface area contributed by atoms with Gasteiger partial charge in [-0.2, -0.15) is 4.98 Å². The number of benzene rings is 1. The van der Waals surface area contributed by atoms with Crippen molar-refractivity contribution in [2.24, 2.45) is 7.05 Å². The highest BCUT2D eigenvalue weighted by Crippen LogP contribution is 2.27. The van der Waals surface area contributed by atoms with E-state index in [1.165, 1.54) is 16.7 Å². The summed E-state index contributed by atoms with van der Waals surface area (Å²) in [5.41, 5.74) is 5.87. The lowest BCUT2D eigenvalue weighted by atomic mass is 10.00. The van der Waals surface area contributed by atoms with E-state index >= 15 is 0 Å². The van der Waals surface area contributed by atoms with E-state index < -0.39 is 0 Å². The minimum Gasteiger partial charge on any atom is -0.481 e. The highest BCUT2D eigenvalue weighted by Gasteiger charge is 2.14. The average Bonchev–Trinajstić information content (AvgIpc) is 2.88. The zero-order chi connectivity index (χ0) is 17.3. The third-order valence-corrected chi connectivity index (χ3v) is 4.60. The fourth-order valence-electron chi connectivity index (χ4n) is 3.03. The molecule has 0 radical (unpaired) electrons. The molecule has 1 N–H and O–H groups in total. The molecule has 0 bridgehead atoms. The molecule has 0 saturated carbocycles. The van der Waals surface area contributed by atoms with Gasteiger partial charge in [-0.15, -0.1) is 0 Å². The number of aryl methyl sites for hydroxylation is 4. The third kappa shape index (κ3) is 2.82. The normalized spacial score (nSPS) is 11.0. The minimum absolute atomic E-state index is 0.591. The van der Waals surface area contributed by atoms with Crippen LogP contribution in [0.5, 0.6) is 5.88 Å². The second-order valence-corrected chi connectivity index (χ2v) is 6.02. The predicted molar refractivity (Wildman–Crippen MR) is 97.7 cm³/mol. The minimum atomic E-state index is 0.591. The van der Waals surface area contributed by atoms with Gasteiger partial charge in [0.2, 0.25) is 5.88 Å². The molecule has 0 aliphatic heterocycles. The number of fused-ring (bicyclic) bond motifs is 1. The summed E-state index contributed by atoms with van der Waals surface area (Å²) >= 11 is 0. The molecule has 3 aromatic rings. The molecule has 5 nitrogen and oxygen atoms in total. The maximum atomic E-state index is 5.36. The lowest BCUT2D eigenvalue weighted by Gasteiger charge is -2.14. The van der Waals surface area contributed by atoms with Crippen LogP contribution in [0.4, 0.5) is 5.82 Å². The van der Waals surface area contributed by atoms with Crippen LogP contribution in [-0.2, 0) is 20.0 Å². The van der Waals surface area contributed by atoms with Gasteiger partial charge in [0.25, 0.3) is 0 Å². The van der Waals surface area contributed by atoms with E-state index in [9.17, 15) is 0 Å². The van der Waals surface area contributed by atoms with Crippen LogP contribution in [0.2, 0.25) is 0 Å². The maximum Gasteiger partial charge on any atom is 0.217 e. The molecule has 1 aromatic carbocycles. The summed E-state index contributed by atoms with van der Waals surface area (Å²) in [6.07, 6.45) is 1.02. The fraction of sp³-hybridized carbons (Fsp3) is 0.368. The lowest BCUT2D eigenvalue weighted by Crippen LogP contribution is -2.07. The van der Waals surface area contributed by atoms with E-state index in [-0.39, 0.29) is 0 Å². The fourth-order valence-corrected chi connectivity index (χ4v) is 3.03. The second kappa shape index (κ2) is 6.51. The molecule has 0 saturated heterocycles. The Morgan fingerprint density at radius 2 is 2.00 bits per heavy atom. The topological polar surface area (TPSA) is 52.0 Å². The van der Waals surface area contributed by atoms with Crippen LogP contribution in [0.25, 0.3) is 11.0 Å². The predicted octanol–water partition coefficient (Wildman–Crippen LogP) is 3.77. The molecular weight excluding hydrogens is 300 g/mol. The molecule has 5 heteroatoms. The van der Waals surface area contributed by atoms with E-state index in [1.54, 1.807) is 7.11 Å². The van der Waals surface area contributed by atoms with Gasteiger partial charge in [-0.25, -0.2) is 4.98 Å². The number of hydrogen-bond donors (Lipinski definition) is 1. The van der Waals surface area contributed by atoms with E-state index in [1.807, 2.05) is 20.0 Å². The Morgan fingerprint density at radius 1 is 1.21 bits per heavy atom. The summed E-state index contributed by atoms with van der Waals surface area (Å²) in [6.45, 7) is 7.05. The van der Waals surface area contributed by atoms with Gasteiger partial charge in [-0.1, -0.05) is 25.1 Å². The molecule has 2 heterocycles. The molecule has 0 unspecified atom stereocenters. The van der Waals surface area contributed by atoms with Crippen LogP contribution >= 0.6 is 0 Å². The summed E-state index contributed by atoms with van der Waals surface area (Å²) in [4.78, 5) is 9.21. The van der Waals surface area contributed by atoms with Crippen LogP contribution in [0.1, 0.15) is 29.4 Å². The highest BCUT2D eigenvalue weighted by atomic mass is 16.5. The van der Waals surface area contributed by atoms with Crippen LogP contribution in [0.3, 0.4) is 0 Å². The summed E-state index contributed by atoms with van der Waals surface area (Å²) in [6, 6.07) is 8.37. The van der Waals surface area contributed by atoms with E-state index in [0.29, 0.717) is 5.88 Å². The number of rotatable bonds is 5. The number of methoxy groups -OCH3 is 1. The smallest absolute Gasteiger partial charge is 0.217 e. The van der Waals surface area contributed by atoms with Crippen molar-refractivity contribution < 1.29 is 4.74 Å². The molecule has 0 spiro atoms. The Morgan fingerprint density at radius 3 is 2.71 bits per heavy atom. The van der Waals surface area contributed by atoms with Gasteiger partial charge >= 0.3 is 0 Å². The van der Waals surface area contributed by atoms with Crippen LogP contribution in [-0.4, -0.2) is 21.6 Å². The standard InChI is InChI=1S/C19H24N4O/c1-6-14-9-7-8-12(2)15(14)11-20-19-18-16(10-17(22-19)24-5)23(4)13(3)21-18/h7-10H,6,11H2,1-5H3,(H,20,22). The van der Waals surface area contributed by atoms with Crippen LogP contribution < -0.4 is 10.1 Å². The van der Waals surface area contributed by atoms with E-state index in [2.05, 4.69) is 51.9 Å². The van der Waals surface area contributed by atoms with Gasteiger partial charge in [0.15, 0.2) is 5.82 Å². The van der Waals surface area contributed by atoms with Crippen LogP contribution in [0, 0.1) is 13.8 Å². The number of nitrogens with zero attached hydrogens (tertiary/aromatic N) is 3. The molecule has 0 aliphatic carbocycles. The van der Waals surface area contributed by atoms with Crippen LogP contribution in [0.15, 0.2) is 24.3 Å². The number of aromatic nitrogens is 3. The van der Waals surface area contributed by atoms with Crippen molar-refractivity contribution >= 4 is 16.9 Å². The number of hydrogen-bond acceptors (Lipinski definition) is 4. The molecule has 126 valence electrons. The van der Waals surface area contributed by atoms with Gasteiger partial charge in [0.05, 0.1) is 12.6 Å². The summed E-state index contributed by atoms with van der Waals surface area (Å²) < 4.78 is 7.41. The summed E-state index contributed by atoms with van der Waals surface area (Å²) in [5, 5.41) is 3.47. The molecular formula is C19H24N4O. The number of pyridine rings is 1. The largest absolute Gasteiger partial charge is 0.481 e. The third-order valence-electron chi connectivity index (χ3n) is 4.60. The first-order valence-corrected chi connectivity index (χ1v) is 8.24. The van der Waals surface area contributed by atoms with Crippen molar-refractivity contribution in [1.82, 2.24) is 14.5 Å². The van der Waals surface area contributed by atoms with Gasteiger partial charge in [-0.3, -0.25) is 0 Å². The SMILES string of the molecule is CCc1cccc(C)c1CNc1nc(OC)cc2c1nc(C)n2C. The Bertz CT molecular complexity index is 883. The Kier molecular flexibility index (Phi) is 4.42. The molecule has 24 heavy (non-hydrogen) atoms. The van der Waals surface area contributed by atoms with Gasteiger partial charge in [0.1, 0.15) is 11.3 Å². The first kappa shape index (κ1) is 16.3. The number of ether oxygens (including phenoxy) is 1. The Balaban J connectivity index is 2.00. The van der Waals surface area contributed by atoms with Crippen molar-refractivity contribution in [2.75, 3.05) is 12.4 Å². The molecule has 0 aliphatic rings. The van der Waals surface area contributed by atoms with E-state index in [0.717, 1.165) is 35.6 Å². The number of nitrogens with one attached hydrogen (secondary N) is 1. The Labute approximate surface area is 142 Å². The Hall–Kier alpha value is -2.56. The van der Waals surface area contributed by atoms with Gasteiger partial charge in [0, 0.05) is 19.7 Å². The molecule has 0 atom stereocenters. The molecule has 0 amide bonds. The first-order valence-electron chi connectivity index (χ1n) is 8.24. The molecule has 0 fully saturated rings. The van der Waals surface area contributed by atoms with Crippen molar-refractivity contribution in [3.8, 4) is 5.88 Å². The number of anilines is 1. The average molecular weight is 324 g/mol. The lowest BCUT2D eigenvalue weighted by molar-refractivity contribution is 0.399. The van der Waals surface area contributed by atoms with Crippen molar-refractivity contribution in [2.45, 2.75) is 33.7 Å². The zero-order valence-electron chi connectivity index (χ0n) is 15.0. The number of imidazole rings is 1. The van der Waals surface area contributed by atoms with E-state index in [4.69, 9.17) is 4.74 Å². The highest BCUT2D eigenvalue weighted by molar-refractivity contribution is 5.87. The van der Waals surface area contributed by atoms with Gasteiger partial charge in [-0.05, 0) is 37.0 Å². The second-order valence-electron chi connectivity index (χ2n) is 6.02. The summed E-state index contributed by atoms with van der Waals surface area (Å²) in [5.74, 6) is 2.31. The zero-order valence-corrected chi connectivity index (χ0v) is 15.0. The molecule has 2 aromatic heterocycles. The quantitative estimate of drug-likeness (QED) is 0.776. The molecule has 3 rings (SSSR count). The summed E-state index contributed by atoms with van der Waals surface area (Å²) in [7, 11) is 3.64.